The summed E-state index contributed by atoms with van der Waals surface area (Å²) in [6.45, 7) is 5.56. The number of hydrogen-bond acceptors (Lipinski definition) is 3. The van der Waals surface area contributed by atoms with Gasteiger partial charge in [0.05, 0.1) is 0 Å². The van der Waals surface area contributed by atoms with Gasteiger partial charge in [-0.2, -0.15) is 0 Å². The molecule has 1 heterocycles. The van der Waals surface area contributed by atoms with Crippen LogP contribution in [0.3, 0.4) is 0 Å². The van der Waals surface area contributed by atoms with Gasteiger partial charge in [-0.25, -0.2) is 0 Å². The minimum atomic E-state index is -0.232. The third kappa shape index (κ3) is 2.59. The molecular formula is C18H15N3O. The predicted molar refractivity (Wildman–Crippen MR) is 86.3 cm³/mol. The molecule has 0 atom stereocenters. The first-order chi connectivity index (χ1) is 10.7. The molecule has 0 fully saturated rings. The molecule has 0 spiro atoms. The Kier molecular flexibility index (Phi) is 3.66. The highest BCUT2D eigenvalue weighted by Crippen LogP contribution is 2.28. The molecule has 0 N–H and O–H groups in total. The van der Waals surface area contributed by atoms with Crippen molar-refractivity contribution in [2.75, 3.05) is 0 Å². The second-order valence-corrected chi connectivity index (χ2v) is 4.92. The molecule has 0 aliphatic rings. The van der Waals surface area contributed by atoms with E-state index < -0.39 is 0 Å². The maximum absolute atomic E-state index is 11.6. The van der Waals surface area contributed by atoms with E-state index >= 15 is 0 Å². The number of hydrogen-bond donors (Lipinski definition) is 0. The van der Waals surface area contributed by atoms with E-state index in [1.807, 2.05) is 60.7 Å². The third-order valence-corrected chi connectivity index (χ3v) is 3.35. The Hall–Kier alpha value is -3.01. The zero-order chi connectivity index (χ0) is 15.5. The number of rotatable bonds is 3. The summed E-state index contributed by atoms with van der Waals surface area (Å²) in [6.07, 6.45) is 0. The molecule has 2 aromatic carbocycles. The lowest BCUT2D eigenvalue weighted by Gasteiger charge is -2.04. The summed E-state index contributed by atoms with van der Waals surface area (Å²) in [5.41, 5.74) is 3.88. The summed E-state index contributed by atoms with van der Waals surface area (Å²) >= 11 is 0. The van der Waals surface area contributed by atoms with Gasteiger partial charge < -0.3 is 0 Å². The summed E-state index contributed by atoms with van der Waals surface area (Å²) in [7, 11) is 0. The van der Waals surface area contributed by atoms with Crippen LogP contribution in [-0.4, -0.2) is 20.9 Å². The number of carbonyl (C=O) groups is 1. The zero-order valence-corrected chi connectivity index (χ0v) is 12.2. The Bertz CT molecular complexity index is 820. The van der Waals surface area contributed by atoms with Gasteiger partial charge in [-0.15, -0.1) is 15.0 Å². The van der Waals surface area contributed by atoms with Gasteiger partial charge in [-0.1, -0.05) is 67.2 Å². The summed E-state index contributed by atoms with van der Waals surface area (Å²) < 4.78 is 0. The number of aromatic nitrogens is 3. The summed E-state index contributed by atoms with van der Waals surface area (Å²) in [6, 6.07) is 19.4. The molecule has 4 heteroatoms. The summed E-state index contributed by atoms with van der Waals surface area (Å²) in [4.78, 5) is 12.7. The van der Waals surface area contributed by atoms with E-state index in [1.54, 1.807) is 0 Å². The van der Waals surface area contributed by atoms with Crippen LogP contribution < -0.4 is 0 Å². The van der Waals surface area contributed by atoms with Gasteiger partial charge in [0.25, 0.3) is 5.91 Å². The SMILES string of the molecule is C=C(c1ccccc1)c1nn(C(C)=O)nc1-c1ccccc1. The highest BCUT2D eigenvalue weighted by molar-refractivity contribution is 5.85. The molecule has 4 nitrogen and oxygen atoms in total. The van der Waals surface area contributed by atoms with E-state index in [-0.39, 0.29) is 5.91 Å². The zero-order valence-electron chi connectivity index (χ0n) is 12.2. The average molecular weight is 289 g/mol. The number of benzene rings is 2. The van der Waals surface area contributed by atoms with E-state index in [2.05, 4.69) is 16.8 Å². The first-order valence-electron chi connectivity index (χ1n) is 6.95. The van der Waals surface area contributed by atoms with Crippen molar-refractivity contribution in [3.63, 3.8) is 0 Å². The Morgan fingerprint density at radius 2 is 1.55 bits per heavy atom. The van der Waals surface area contributed by atoms with Crippen molar-refractivity contribution in [2.24, 2.45) is 0 Å². The molecule has 0 amide bonds. The van der Waals surface area contributed by atoms with Crippen LogP contribution in [0.4, 0.5) is 0 Å². The maximum atomic E-state index is 11.6. The van der Waals surface area contributed by atoms with E-state index in [4.69, 9.17) is 0 Å². The van der Waals surface area contributed by atoms with E-state index in [1.165, 1.54) is 6.92 Å². The second kappa shape index (κ2) is 5.77. The second-order valence-electron chi connectivity index (χ2n) is 4.92. The molecule has 3 rings (SSSR count). The van der Waals surface area contributed by atoms with Crippen LogP contribution in [0.5, 0.6) is 0 Å². The van der Waals surface area contributed by atoms with Gasteiger partial charge >= 0.3 is 0 Å². The Balaban J connectivity index is 2.14. The van der Waals surface area contributed by atoms with Crippen molar-refractivity contribution in [2.45, 2.75) is 6.92 Å². The van der Waals surface area contributed by atoms with Crippen LogP contribution in [0.2, 0.25) is 0 Å². The highest BCUT2D eigenvalue weighted by atomic mass is 16.2. The topological polar surface area (TPSA) is 47.8 Å². The predicted octanol–water partition coefficient (Wildman–Crippen LogP) is 3.67. The molecule has 0 bridgehead atoms. The van der Waals surface area contributed by atoms with Gasteiger partial charge in [-0.05, 0) is 5.56 Å². The lowest BCUT2D eigenvalue weighted by Crippen LogP contribution is -2.09. The molecule has 0 radical (unpaired) electrons. The lowest BCUT2D eigenvalue weighted by atomic mass is 10.0. The normalized spacial score (nSPS) is 10.4. The van der Waals surface area contributed by atoms with Crippen molar-refractivity contribution >= 4 is 11.5 Å². The van der Waals surface area contributed by atoms with Crippen LogP contribution in [0.1, 0.15) is 23.0 Å². The monoisotopic (exact) mass is 289 g/mol. The van der Waals surface area contributed by atoms with Crippen LogP contribution in [-0.2, 0) is 0 Å². The standard InChI is InChI=1S/C18H15N3O/c1-13(15-9-5-3-6-10-15)17-18(16-11-7-4-8-12-16)20-21(19-17)14(2)22/h3-12H,1H2,2H3. The van der Waals surface area contributed by atoms with E-state index in [9.17, 15) is 4.79 Å². The van der Waals surface area contributed by atoms with Crippen molar-refractivity contribution in [3.8, 4) is 11.3 Å². The van der Waals surface area contributed by atoms with Crippen molar-refractivity contribution in [1.82, 2.24) is 15.0 Å². The first kappa shape index (κ1) is 13.9. The van der Waals surface area contributed by atoms with Crippen molar-refractivity contribution in [1.29, 1.82) is 0 Å². The van der Waals surface area contributed by atoms with Gasteiger partial charge in [0.15, 0.2) is 0 Å². The van der Waals surface area contributed by atoms with Gasteiger partial charge in [0.2, 0.25) is 0 Å². The molecule has 1 aromatic heterocycles. The highest BCUT2D eigenvalue weighted by Gasteiger charge is 2.18. The van der Waals surface area contributed by atoms with Crippen LogP contribution in [0.15, 0.2) is 67.2 Å². The maximum Gasteiger partial charge on any atom is 0.261 e. The van der Waals surface area contributed by atoms with Gasteiger partial charge in [-0.3, -0.25) is 4.79 Å². The third-order valence-electron chi connectivity index (χ3n) is 3.35. The molecule has 3 aromatic rings. The van der Waals surface area contributed by atoms with Crippen LogP contribution >= 0.6 is 0 Å². The first-order valence-corrected chi connectivity index (χ1v) is 6.95. The largest absolute Gasteiger partial charge is 0.271 e. The Labute approximate surface area is 128 Å². The average Bonchev–Trinajstić information content (AvgIpc) is 3.01. The van der Waals surface area contributed by atoms with Gasteiger partial charge in [0, 0.05) is 18.1 Å². The molecule has 0 unspecified atom stereocenters. The quantitative estimate of drug-likeness (QED) is 0.739. The molecule has 108 valence electrons. The van der Waals surface area contributed by atoms with Crippen molar-refractivity contribution < 1.29 is 4.79 Å². The molecule has 22 heavy (non-hydrogen) atoms. The fourth-order valence-corrected chi connectivity index (χ4v) is 2.22. The van der Waals surface area contributed by atoms with E-state index in [0.717, 1.165) is 21.5 Å². The molecule has 0 aliphatic carbocycles. The lowest BCUT2D eigenvalue weighted by molar-refractivity contribution is 0.0903. The van der Waals surface area contributed by atoms with Gasteiger partial charge in [0.1, 0.15) is 11.4 Å². The summed E-state index contributed by atoms with van der Waals surface area (Å²) in [5.74, 6) is -0.232. The van der Waals surface area contributed by atoms with Crippen molar-refractivity contribution in [3.05, 3.63) is 78.5 Å². The number of nitrogens with zero attached hydrogens (tertiary/aromatic N) is 3. The van der Waals surface area contributed by atoms with E-state index in [0.29, 0.717) is 11.4 Å². The smallest absolute Gasteiger partial charge is 0.261 e. The molecule has 0 saturated heterocycles. The molecular weight excluding hydrogens is 274 g/mol. The minimum Gasteiger partial charge on any atom is -0.271 e. The molecule has 0 aliphatic heterocycles. The summed E-state index contributed by atoms with van der Waals surface area (Å²) in [5, 5.41) is 8.64. The molecule has 0 saturated carbocycles. The number of carbonyl (C=O) groups excluding carboxylic acids is 1. The minimum absolute atomic E-state index is 0.232. The Morgan fingerprint density at radius 1 is 0.955 bits per heavy atom. The fraction of sp³-hybridized carbons (Fsp3) is 0.0556. The van der Waals surface area contributed by atoms with Crippen LogP contribution in [0.25, 0.3) is 16.8 Å². The van der Waals surface area contributed by atoms with Crippen LogP contribution in [0, 0.1) is 0 Å². The Morgan fingerprint density at radius 3 is 2.14 bits per heavy atom. The fourth-order valence-electron chi connectivity index (χ4n) is 2.22.